The van der Waals surface area contributed by atoms with Crippen LogP contribution in [0.1, 0.15) is 167 Å². The predicted octanol–water partition coefficient (Wildman–Crippen LogP) is 12.8. The summed E-state index contributed by atoms with van der Waals surface area (Å²) in [6, 6.07) is 18.9. The molecule has 0 spiro atoms. The predicted molar refractivity (Wildman–Crippen MR) is 197 cm³/mol. The Kier molecular flexibility index (Phi) is 23.3. The monoisotopic (exact) mass is 605 g/mol. The minimum Gasteiger partial charge on any atom is -0.299 e. The quantitative estimate of drug-likeness (QED) is 0.0852. The van der Waals surface area contributed by atoms with Crippen molar-refractivity contribution < 1.29 is 0 Å². The number of unbranched alkanes of at least 4 members (excludes halogenated alkanes) is 16. The highest BCUT2D eigenvalue weighted by atomic mass is 15.1. The average Bonchev–Trinajstić information content (AvgIpc) is 3.04. The van der Waals surface area contributed by atoms with Crippen molar-refractivity contribution in [1.29, 1.82) is 0 Å². The summed E-state index contributed by atoms with van der Waals surface area (Å²) in [6.45, 7) is 16.4. The number of rotatable bonds is 29. The molecule has 0 unspecified atom stereocenters. The lowest BCUT2D eigenvalue weighted by molar-refractivity contribution is 0.252. The first-order valence-electron chi connectivity index (χ1n) is 19.3. The number of hydrogen-bond acceptors (Lipinski definition) is 2. The van der Waals surface area contributed by atoms with Crippen molar-refractivity contribution in [2.45, 2.75) is 169 Å². The summed E-state index contributed by atoms with van der Waals surface area (Å²) in [6.07, 6.45) is 27.2. The molecule has 0 aliphatic carbocycles. The Labute approximate surface area is 275 Å². The van der Waals surface area contributed by atoms with Crippen molar-refractivity contribution in [3.63, 3.8) is 0 Å². The maximum atomic E-state index is 2.74. The van der Waals surface area contributed by atoms with E-state index in [2.05, 4.69) is 86.0 Å². The molecule has 0 heterocycles. The van der Waals surface area contributed by atoms with Crippen LogP contribution in [0.3, 0.4) is 0 Å². The number of benzene rings is 2. The van der Waals surface area contributed by atoms with Gasteiger partial charge in [-0.1, -0.05) is 167 Å². The van der Waals surface area contributed by atoms with Crippen LogP contribution >= 0.6 is 0 Å². The maximum absolute atomic E-state index is 2.74. The first-order chi connectivity index (χ1) is 21.7. The second-order valence-corrected chi connectivity index (χ2v) is 13.6. The molecule has 44 heavy (non-hydrogen) atoms. The maximum Gasteiger partial charge on any atom is 0.0233 e. The van der Waals surface area contributed by atoms with Crippen LogP contribution in [0, 0.1) is 0 Å². The van der Waals surface area contributed by atoms with Crippen LogP contribution in [-0.4, -0.2) is 36.0 Å². The van der Waals surface area contributed by atoms with Gasteiger partial charge in [-0.25, -0.2) is 0 Å². The Morgan fingerprint density at radius 2 is 0.659 bits per heavy atom. The van der Waals surface area contributed by atoms with E-state index < -0.39 is 0 Å². The van der Waals surface area contributed by atoms with Crippen molar-refractivity contribution in [1.82, 2.24) is 9.80 Å². The van der Waals surface area contributed by atoms with Crippen LogP contribution in [0.4, 0.5) is 0 Å². The van der Waals surface area contributed by atoms with Gasteiger partial charge in [0.1, 0.15) is 0 Å². The Hall–Kier alpha value is -1.64. The smallest absolute Gasteiger partial charge is 0.0233 e. The van der Waals surface area contributed by atoms with Crippen molar-refractivity contribution >= 4 is 0 Å². The largest absolute Gasteiger partial charge is 0.299 e. The molecule has 0 N–H and O–H groups in total. The third kappa shape index (κ3) is 18.4. The molecule has 2 aromatic rings. The molecule has 2 nitrogen and oxygen atoms in total. The zero-order chi connectivity index (χ0) is 31.5. The minimum absolute atomic E-state index is 1.08. The second kappa shape index (κ2) is 26.6. The van der Waals surface area contributed by atoms with Gasteiger partial charge < -0.3 is 0 Å². The standard InChI is InChI=1S/C42H72N2/c1-5-9-13-17-21-31-43(32-22-18-14-10-6-2)37-39-27-25-29-41(35-39)42-30-26-28-40(36-42)38-44(33-23-19-15-11-7-3)34-24-20-16-12-8-4/h25-30,35-36H,5-24,31-34,37-38H2,1-4H3. The fraction of sp³-hybridized carbons (Fsp3) is 0.714. The van der Waals surface area contributed by atoms with Gasteiger partial charge in [-0.15, -0.1) is 0 Å². The van der Waals surface area contributed by atoms with E-state index in [-0.39, 0.29) is 0 Å². The molecule has 0 radical (unpaired) electrons. The molecule has 250 valence electrons. The van der Waals surface area contributed by atoms with Crippen molar-refractivity contribution in [3.8, 4) is 11.1 Å². The van der Waals surface area contributed by atoms with Crippen LogP contribution in [0.2, 0.25) is 0 Å². The van der Waals surface area contributed by atoms with Gasteiger partial charge in [0.05, 0.1) is 0 Å². The van der Waals surface area contributed by atoms with E-state index in [1.54, 1.807) is 0 Å². The molecule has 2 rings (SSSR count). The number of hydrogen-bond donors (Lipinski definition) is 0. The molecule has 0 amide bonds. The molecule has 2 aromatic carbocycles. The normalized spacial score (nSPS) is 11.7. The highest BCUT2D eigenvalue weighted by Gasteiger charge is 2.10. The van der Waals surface area contributed by atoms with Gasteiger partial charge in [-0.3, -0.25) is 9.80 Å². The third-order valence-electron chi connectivity index (χ3n) is 9.31. The summed E-state index contributed by atoms with van der Waals surface area (Å²) in [5.41, 5.74) is 5.69. The molecule has 0 fully saturated rings. The van der Waals surface area contributed by atoms with E-state index in [0.29, 0.717) is 0 Å². The third-order valence-corrected chi connectivity index (χ3v) is 9.31. The lowest BCUT2D eigenvalue weighted by Crippen LogP contribution is -2.26. The van der Waals surface area contributed by atoms with Crippen molar-refractivity contribution in [3.05, 3.63) is 59.7 Å². The first-order valence-corrected chi connectivity index (χ1v) is 19.3. The van der Waals surface area contributed by atoms with Crippen LogP contribution < -0.4 is 0 Å². The van der Waals surface area contributed by atoms with Gasteiger partial charge in [0.25, 0.3) is 0 Å². The van der Waals surface area contributed by atoms with Crippen LogP contribution in [-0.2, 0) is 13.1 Å². The average molecular weight is 605 g/mol. The summed E-state index contributed by atoms with van der Waals surface area (Å²) in [7, 11) is 0. The number of nitrogens with zero attached hydrogens (tertiary/aromatic N) is 2. The van der Waals surface area contributed by atoms with Crippen molar-refractivity contribution in [2.24, 2.45) is 0 Å². The summed E-state index contributed by atoms with van der Waals surface area (Å²) in [5, 5.41) is 0. The van der Waals surface area contributed by atoms with Gasteiger partial charge in [-0.05, 0) is 86.2 Å². The summed E-state index contributed by atoms with van der Waals surface area (Å²) in [4.78, 5) is 5.48. The van der Waals surface area contributed by atoms with Gasteiger partial charge in [0, 0.05) is 13.1 Å². The molecule has 2 heteroatoms. The lowest BCUT2D eigenvalue weighted by Gasteiger charge is -2.23. The molecule has 0 aliphatic rings. The Balaban J connectivity index is 2.03. The molecule has 0 saturated heterocycles. The fourth-order valence-corrected chi connectivity index (χ4v) is 6.51. The van der Waals surface area contributed by atoms with Crippen LogP contribution in [0.25, 0.3) is 11.1 Å². The van der Waals surface area contributed by atoms with Crippen molar-refractivity contribution in [2.75, 3.05) is 26.2 Å². The Morgan fingerprint density at radius 1 is 0.364 bits per heavy atom. The molecule has 0 aromatic heterocycles. The fourth-order valence-electron chi connectivity index (χ4n) is 6.51. The Bertz CT molecular complexity index is 818. The highest BCUT2D eigenvalue weighted by molar-refractivity contribution is 5.65. The van der Waals surface area contributed by atoms with Gasteiger partial charge in [-0.2, -0.15) is 0 Å². The summed E-state index contributed by atoms with van der Waals surface area (Å²) in [5.74, 6) is 0. The molecule has 0 aliphatic heterocycles. The highest BCUT2D eigenvalue weighted by Crippen LogP contribution is 2.24. The van der Waals surface area contributed by atoms with Crippen LogP contribution in [0.5, 0.6) is 0 Å². The molecule has 0 bridgehead atoms. The van der Waals surface area contributed by atoms with Gasteiger partial charge in [0.2, 0.25) is 0 Å². The Morgan fingerprint density at radius 3 is 0.955 bits per heavy atom. The second-order valence-electron chi connectivity index (χ2n) is 13.6. The lowest BCUT2D eigenvalue weighted by atomic mass is 10.0. The zero-order valence-electron chi connectivity index (χ0n) is 29.9. The van der Waals surface area contributed by atoms with E-state index in [0.717, 1.165) is 13.1 Å². The van der Waals surface area contributed by atoms with Gasteiger partial charge >= 0.3 is 0 Å². The minimum atomic E-state index is 1.08. The summed E-state index contributed by atoms with van der Waals surface area (Å²) >= 11 is 0. The molecular weight excluding hydrogens is 532 g/mol. The van der Waals surface area contributed by atoms with E-state index in [9.17, 15) is 0 Å². The topological polar surface area (TPSA) is 6.48 Å². The van der Waals surface area contributed by atoms with Gasteiger partial charge in [0.15, 0.2) is 0 Å². The molecule has 0 saturated carbocycles. The van der Waals surface area contributed by atoms with E-state index >= 15 is 0 Å². The molecule has 0 atom stereocenters. The first kappa shape index (κ1) is 38.5. The molecular formula is C42H72N2. The summed E-state index contributed by atoms with van der Waals surface area (Å²) < 4.78 is 0. The van der Waals surface area contributed by atoms with E-state index in [1.165, 1.54) is 177 Å². The van der Waals surface area contributed by atoms with E-state index in [4.69, 9.17) is 0 Å². The van der Waals surface area contributed by atoms with E-state index in [1.807, 2.05) is 0 Å². The zero-order valence-corrected chi connectivity index (χ0v) is 29.9. The van der Waals surface area contributed by atoms with Crippen LogP contribution in [0.15, 0.2) is 48.5 Å². The SMILES string of the molecule is CCCCCCCN(CCCCCCC)Cc1cccc(-c2cccc(CN(CCCCCCC)CCCCCCC)c2)c1.